The van der Waals surface area contributed by atoms with Crippen LogP contribution in [0.1, 0.15) is 217 Å². The fourth-order valence-corrected chi connectivity index (χ4v) is 20.0. The van der Waals surface area contributed by atoms with Gasteiger partial charge in [0.05, 0.1) is 13.0 Å². The van der Waals surface area contributed by atoms with E-state index in [1.54, 1.807) is 0 Å². The van der Waals surface area contributed by atoms with Crippen LogP contribution < -0.4 is 0 Å². The Hall–Kier alpha value is -2.23. The fourth-order valence-electron chi connectivity index (χ4n) is 20.0. The summed E-state index contributed by atoms with van der Waals surface area (Å²) < 4.78 is 18.6. The van der Waals surface area contributed by atoms with Crippen LogP contribution in [0.4, 0.5) is 0 Å². The van der Waals surface area contributed by atoms with Gasteiger partial charge in [-0.25, -0.2) is 9.59 Å². The molecule has 1 N–H and O–H groups in total. The van der Waals surface area contributed by atoms with Crippen LogP contribution in [0.15, 0.2) is 23.3 Å². The molecule has 16 atom stereocenters. The van der Waals surface area contributed by atoms with Crippen LogP contribution >= 0.6 is 0 Å². The predicted molar refractivity (Wildman–Crippen MR) is 300 cm³/mol. The lowest BCUT2D eigenvalue weighted by molar-refractivity contribution is -0.187. The highest BCUT2D eigenvalue weighted by molar-refractivity contribution is 6.00. The lowest BCUT2D eigenvalue weighted by atomic mass is 9.47. The number of allylic oxidation sites excluding steroid dienone is 2. The van der Waals surface area contributed by atoms with Gasteiger partial charge in [-0.3, -0.25) is 9.69 Å². The number of carbonyl (C=O) groups is 3. The first-order chi connectivity index (χ1) is 35.8. The van der Waals surface area contributed by atoms with Crippen LogP contribution in [0.25, 0.3) is 0 Å². The average Bonchev–Trinajstić information content (AvgIpc) is 3.93. The highest BCUT2D eigenvalue weighted by atomic mass is 16.6. The second kappa shape index (κ2) is 23.8. The minimum atomic E-state index is -1.74. The van der Waals surface area contributed by atoms with Crippen LogP contribution in [-0.4, -0.2) is 97.0 Å². The van der Waals surface area contributed by atoms with Crippen molar-refractivity contribution in [1.29, 1.82) is 0 Å². The molecular formula is C66H108N2O7. The Morgan fingerprint density at radius 2 is 1.01 bits per heavy atom. The van der Waals surface area contributed by atoms with Crippen molar-refractivity contribution in [3.63, 3.8) is 0 Å². The molecule has 1 saturated heterocycles. The van der Waals surface area contributed by atoms with E-state index in [0.717, 1.165) is 112 Å². The smallest absolute Gasteiger partial charge is 0.359 e. The molecule has 9 aliphatic rings. The molecule has 1 aliphatic heterocycles. The molecule has 9 heteroatoms. The number of fused-ring (bicyclic) bond motifs is 10. The van der Waals surface area contributed by atoms with Crippen molar-refractivity contribution in [2.24, 2.45) is 92.7 Å². The third kappa shape index (κ3) is 11.8. The lowest BCUT2D eigenvalue weighted by Crippen LogP contribution is -2.51. The quantitative estimate of drug-likeness (QED) is 0.0552. The van der Waals surface area contributed by atoms with Crippen molar-refractivity contribution in [1.82, 2.24) is 9.80 Å². The number of carbonyl (C=O) groups excluding carboxylic acids is 3. The van der Waals surface area contributed by atoms with E-state index in [1.807, 2.05) is 0 Å². The maximum atomic E-state index is 14.5. The van der Waals surface area contributed by atoms with Gasteiger partial charge in [-0.1, -0.05) is 131 Å². The number of aliphatic hydroxyl groups excluding tert-OH is 1. The Balaban J connectivity index is 0.838. The van der Waals surface area contributed by atoms with Crippen molar-refractivity contribution < 1.29 is 33.7 Å². The molecule has 75 heavy (non-hydrogen) atoms. The Morgan fingerprint density at radius 3 is 1.44 bits per heavy atom. The van der Waals surface area contributed by atoms with Crippen molar-refractivity contribution >= 4 is 17.9 Å². The molecule has 0 bridgehead atoms. The van der Waals surface area contributed by atoms with Crippen LogP contribution in [-0.2, 0) is 28.6 Å². The van der Waals surface area contributed by atoms with E-state index in [2.05, 4.69) is 91.2 Å². The fraction of sp³-hybridized carbons (Fsp3) is 0.894. The topological polar surface area (TPSA) is 106 Å². The van der Waals surface area contributed by atoms with E-state index in [-0.39, 0.29) is 36.1 Å². The minimum absolute atomic E-state index is 0.0706. The standard InChI is InChI=1S/C66H108N2O7/c1-43(2)13-11-15-45(5)53-21-23-55-51-19-17-47-41-49(25-30-63(47,7)57(51)27-32-65(53,55)9)73-61(71)60(75-59(70)29-34-67-35-37-68(38-36-67)39-40-69)62(72)74-50-26-31-64(8)48(42-50)18-20-52-56-24-22-54(46(6)16-12-14-44(3)4)66(56,10)33-28-58(52)64/h17-18,43-46,49-58,60,69H,11-16,19-42H2,1-10H3/t45-,46-,49+,50+,51+,52+,53-,54-,55+,56+,57+,58+,63+,64+,65-,66-/m1/s1. The molecule has 0 unspecified atom stereocenters. The average molecular weight is 1040 g/mol. The molecule has 0 amide bonds. The van der Waals surface area contributed by atoms with Crippen LogP contribution in [0, 0.1) is 92.7 Å². The predicted octanol–water partition coefficient (Wildman–Crippen LogP) is 13.8. The van der Waals surface area contributed by atoms with E-state index < -0.39 is 24.0 Å². The second-order valence-electron chi connectivity index (χ2n) is 29.2. The van der Waals surface area contributed by atoms with Crippen molar-refractivity contribution in [3.8, 4) is 0 Å². The largest absolute Gasteiger partial charge is 0.459 e. The van der Waals surface area contributed by atoms with E-state index in [1.165, 1.54) is 101 Å². The minimum Gasteiger partial charge on any atom is -0.459 e. The summed E-state index contributed by atoms with van der Waals surface area (Å²) in [6.07, 6.45) is 28.5. The highest BCUT2D eigenvalue weighted by Gasteiger charge is 2.61. The zero-order valence-electron chi connectivity index (χ0n) is 49.3. The van der Waals surface area contributed by atoms with E-state index in [9.17, 15) is 19.5 Å². The summed E-state index contributed by atoms with van der Waals surface area (Å²) in [5, 5.41) is 9.42. The number of esters is 3. The molecule has 1 heterocycles. The molecule has 0 aromatic carbocycles. The highest BCUT2D eigenvalue weighted by Crippen LogP contribution is 2.69. The van der Waals surface area contributed by atoms with Crippen LogP contribution in [0.5, 0.6) is 0 Å². The summed E-state index contributed by atoms with van der Waals surface area (Å²) in [7, 11) is 0. The molecule has 0 aromatic heterocycles. The van der Waals surface area contributed by atoms with Gasteiger partial charge < -0.3 is 24.2 Å². The van der Waals surface area contributed by atoms with E-state index >= 15 is 0 Å². The van der Waals surface area contributed by atoms with Gasteiger partial charge in [-0.15, -0.1) is 0 Å². The van der Waals surface area contributed by atoms with Crippen LogP contribution in [0.2, 0.25) is 0 Å². The third-order valence-electron chi connectivity index (χ3n) is 24.3. The molecule has 9 rings (SSSR count). The number of hydrogen-bond acceptors (Lipinski definition) is 9. The molecule has 9 nitrogen and oxygen atoms in total. The van der Waals surface area contributed by atoms with Crippen molar-refractivity contribution in [2.75, 3.05) is 45.9 Å². The monoisotopic (exact) mass is 1040 g/mol. The number of hydrogen-bond donors (Lipinski definition) is 1. The first-order valence-corrected chi connectivity index (χ1v) is 31.8. The summed E-state index contributed by atoms with van der Waals surface area (Å²) in [5.74, 6) is 6.95. The summed E-state index contributed by atoms with van der Waals surface area (Å²) in [6, 6.07) is 0. The Morgan fingerprint density at radius 1 is 0.573 bits per heavy atom. The number of ether oxygens (including phenoxy) is 3. The Bertz CT molecular complexity index is 1920. The maximum absolute atomic E-state index is 14.5. The van der Waals surface area contributed by atoms with E-state index in [4.69, 9.17) is 14.2 Å². The van der Waals surface area contributed by atoms with Gasteiger partial charge in [-0.2, -0.15) is 0 Å². The molecule has 7 fully saturated rings. The first kappa shape index (κ1) is 57.5. The number of piperazine rings is 1. The van der Waals surface area contributed by atoms with Gasteiger partial charge >= 0.3 is 17.9 Å². The Labute approximate surface area is 456 Å². The van der Waals surface area contributed by atoms with Crippen LogP contribution in [0.3, 0.4) is 0 Å². The van der Waals surface area contributed by atoms with E-state index in [0.29, 0.717) is 60.4 Å². The lowest BCUT2D eigenvalue weighted by Gasteiger charge is -2.58. The number of β-amino-alcohol motifs (C(OH)–C–C–N with tert-alkyl or cyclic N) is 1. The molecule has 0 aromatic rings. The summed E-state index contributed by atoms with van der Waals surface area (Å²) in [4.78, 5) is 47.1. The summed E-state index contributed by atoms with van der Waals surface area (Å²) >= 11 is 0. The molecular weight excluding hydrogens is 933 g/mol. The molecule has 424 valence electrons. The molecule has 0 radical (unpaired) electrons. The van der Waals surface area contributed by atoms with Gasteiger partial charge in [0.1, 0.15) is 12.2 Å². The van der Waals surface area contributed by atoms with Gasteiger partial charge in [0.25, 0.3) is 6.10 Å². The third-order valence-corrected chi connectivity index (χ3v) is 24.3. The van der Waals surface area contributed by atoms with Gasteiger partial charge in [0, 0.05) is 52.1 Å². The Kier molecular flexibility index (Phi) is 18.3. The number of aliphatic hydroxyl groups is 1. The second-order valence-corrected chi connectivity index (χ2v) is 29.2. The first-order valence-electron chi connectivity index (χ1n) is 31.8. The zero-order valence-corrected chi connectivity index (χ0v) is 49.3. The van der Waals surface area contributed by atoms with Gasteiger partial charge in [0.15, 0.2) is 0 Å². The normalized spacial score (nSPS) is 39.9. The summed E-state index contributed by atoms with van der Waals surface area (Å²) in [5.41, 5.74) is 3.90. The molecule has 8 aliphatic carbocycles. The zero-order chi connectivity index (χ0) is 53.5. The van der Waals surface area contributed by atoms with Gasteiger partial charge in [0.2, 0.25) is 0 Å². The van der Waals surface area contributed by atoms with Crippen molar-refractivity contribution in [2.45, 2.75) is 235 Å². The SMILES string of the molecule is CC(C)CCC[C@@H](C)[C@H]1CC[C@H]2[C@@H]3CC=C4C[C@@H](OC(=O)C(OC(=O)CCN5CCN(CCO)CC5)C(=O)O[C@H]5CC[C@@]6(C)C(=CC[C@H]7[C@@H]8CC[C@H]([C@H](C)CCCC(C)C)[C@@]8(C)CC[C@@H]76)C5)CC[C@]4(C)[C@H]3CC[C@]12C. The van der Waals surface area contributed by atoms with Crippen molar-refractivity contribution in [3.05, 3.63) is 23.3 Å². The summed E-state index contributed by atoms with van der Waals surface area (Å²) in [6.45, 7) is 29.4. The molecule has 6 saturated carbocycles. The molecule has 0 spiro atoms. The van der Waals surface area contributed by atoms with Gasteiger partial charge in [-0.05, 0) is 183 Å². The number of rotatable bonds is 20. The maximum Gasteiger partial charge on any atom is 0.359 e. The number of nitrogens with zero attached hydrogens (tertiary/aromatic N) is 2.